The molecular formula is C11H13IN2O2S. The molecule has 0 atom stereocenters. The van der Waals surface area contributed by atoms with E-state index < -0.39 is 11.7 Å². The normalized spacial score (nSPS) is 12.1. The van der Waals surface area contributed by atoms with E-state index in [0.717, 1.165) is 19.5 Å². The lowest BCUT2D eigenvalue weighted by Gasteiger charge is -2.19. The third-order valence-corrected chi connectivity index (χ3v) is 4.31. The summed E-state index contributed by atoms with van der Waals surface area (Å²) in [5.41, 5.74) is 1.39. The van der Waals surface area contributed by atoms with Gasteiger partial charge in [-0.3, -0.25) is 0 Å². The van der Waals surface area contributed by atoms with Gasteiger partial charge in [-0.05, 0) is 61.2 Å². The summed E-state index contributed by atoms with van der Waals surface area (Å²) in [6, 6.07) is 0. The molecule has 2 heterocycles. The van der Waals surface area contributed by atoms with Gasteiger partial charge in [-0.15, -0.1) is 11.3 Å². The zero-order chi connectivity index (χ0) is 12.8. The summed E-state index contributed by atoms with van der Waals surface area (Å²) < 4.78 is 8.56. The highest BCUT2D eigenvalue weighted by Gasteiger charge is 2.23. The van der Waals surface area contributed by atoms with Gasteiger partial charge in [0.15, 0.2) is 0 Å². The van der Waals surface area contributed by atoms with Crippen LogP contribution in [0.15, 0.2) is 5.38 Å². The van der Waals surface area contributed by atoms with Crippen LogP contribution in [0, 0.1) is 10.6 Å². The molecule has 2 aromatic heterocycles. The topological polar surface area (TPSA) is 44.1 Å². The van der Waals surface area contributed by atoms with Crippen LogP contribution in [0.5, 0.6) is 0 Å². The fourth-order valence-electron chi connectivity index (χ4n) is 1.47. The van der Waals surface area contributed by atoms with Gasteiger partial charge in [0, 0.05) is 0 Å². The number of fused-ring (bicyclic) bond motifs is 1. The maximum Gasteiger partial charge on any atom is 0.435 e. The average Bonchev–Trinajstić information content (AvgIpc) is 2.67. The molecule has 0 amide bonds. The number of aryl methyl sites for hydroxylation is 1. The SMILES string of the molecule is Cc1csc2c(I)nn(C(=O)OC(C)(C)C)c12. The number of halogens is 1. The summed E-state index contributed by atoms with van der Waals surface area (Å²) >= 11 is 3.73. The lowest BCUT2D eigenvalue weighted by atomic mass is 10.2. The van der Waals surface area contributed by atoms with Gasteiger partial charge >= 0.3 is 6.09 Å². The van der Waals surface area contributed by atoms with E-state index in [-0.39, 0.29) is 0 Å². The van der Waals surface area contributed by atoms with Crippen molar-refractivity contribution in [2.75, 3.05) is 0 Å². The van der Waals surface area contributed by atoms with Gasteiger partial charge in [0.1, 0.15) is 9.30 Å². The van der Waals surface area contributed by atoms with Gasteiger partial charge in [-0.1, -0.05) is 0 Å². The third-order valence-electron chi connectivity index (χ3n) is 2.10. The van der Waals surface area contributed by atoms with Gasteiger partial charge < -0.3 is 4.74 Å². The van der Waals surface area contributed by atoms with Crippen LogP contribution in [-0.4, -0.2) is 21.5 Å². The molecular weight excluding hydrogens is 351 g/mol. The Kier molecular flexibility index (Phi) is 3.19. The van der Waals surface area contributed by atoms with E-state index in [2.05, 4.69) is 27.7 Å². The van der Waals surface area contributed by atoms with Crippen LogP contribution < -0.4 is 0 Å². The number of hydrogen-bond donors (Lipinski definition) is 0. The number of carbonyl (C=O) groups excluding carboxylic acids is 1. The summed E-state index contributed by atoms with van der Waals surface area (Å²) in [6.07, 6.45) is -0.424. The second-order valence-corrected chi connectivity index (χ2v) is 6.68. The Morgan fingerprint density at radius 3 is 2.76 bits per heavy atom. The zero-order valence-corrected chi connectivity index (χ0v) is 13.0. The van der Waals surface area contributed by atoms with Crippen molar-refractivity contribution in [1.82, 2.24) is 9.78 Å². The number of thiophene rings is 1. The molecule has 6 heteroatoms. The van der Waals surface area contributed by atoms with E-state index >= 15 is 0 Å². The number of rotatable bonds is 0. The second-order valence-electron chi connectivity index (χ2n) is 4.78. The van der Waals surface area contributed by atoms with Crippen molar-refractivity contribution in [3.05, 3.63) is 14.6 Å². The van der Waals surface area contributed by atoms with E-state index in [1.165, 1.54) is 4.68 Å². The molecule has 0 radical (unpaired) electrons. The van der Waals surface area contributed by atoms with Crippen LogP contribution in [0.1, 0.15) is 26.3 Å². The first-order valence-electron chi connectivity index (χ1n) is 5.15. The van der Waals surface area contributed by atoms with Crippen molar-refractivity contribution < 1.29 is 9.53 Å². The Bertz CT molecular complexity index is 580. The van der Waals surface area contributed by atoms with Crippen molar-refractivity contribution >= 4 is 50.2 Å². The van der Waals surface area contributed by atoms with Gasteiger partial charge in [0.25, 0.3) is 0 Å². The Morgan fingerprint density at radius 1 is 1.53 bits per heavy atom. The van der Waals surface area contributed by atoms with Crippen LogP contribution in [0.25, 0.3) is 10.2 Å². The Hall–Kier alpha value is -0.630. The van der Waals surface area contributed by atoms with E-state index in [0.29, 0.717) is 0 Å². The summed E-state index contributed by atoms with van der Waals surface area (Å²) in [5.74, 6) is 0. The number of ether oxygens (including phenoxy) is 1. The highest BCUT2D eigenvalue weighted by Crippen LogP contribution is 2.29. The molecule has 0 saturated heterocycles. The van der Waals surface area contributed by atoms with Crippen molar-refractivity contribution in [2.45, 2.75) is 33.3 Å². The van der Waals surface area contributed by atoms with Crippen molar-refractivity contribution in [3.8, 4) is 0 Å². The molecule has 0 bridgehead atoms. The molecule has 0 fully saturated rings. The zero-order valence-electron chi connectivity index (χ0n) is 10.1. The quantitative estimate of drug-likeness (QED) is 0.668. The number of nitrogens with zero attached hydrogens (tertiary/aromatic N) is 2. The highest BCUT2D eigenvalue weighted by atomic mass is 127. The minimum Gasteiger partial charge on any atom is -0.442 e. The fourth-order valence-corrected chi connectivity index (χ4v) is 3.22. The molecule has 0 N–H and O–H groups in total. The maximum atomic E-state index is 12.0. The van der Waals surface area contributed by atoms with Crippen LogP contribution >= 0.6 is 33.9 Å². The standard InChI is InChI=1S/C11H13IN2O2S/c1-6-5-17-8-7(6)14(13-9(8)12)10(15)16-11(2,3)4/h5H,1-4H3. The highest BCUT2D eigenvalue weighted by molar-refractivity contribution is 14.1. The first-order valence-corrected chi connectivity index (χ1v) is 7.11. The number of carbonyl (C=O) groups is 1. The van der Waals surface area contributed by atoms with Crippen LogP contribution in [0.3, 0.4) is 0 Å². The van der Waals surface area contributed by atoms with Crippen molar-refractivity contribution in [3.63, 3.8) is 0 Å². The molecule has 0 aliphatic carbocycles. The average molecular weight is 364 g/mol. The Labute approximate surface area is 117 Å². The summed E-state index contributed by atoms with van der Waals surface area (Å²) in [5, 5.41) is 6.26. The first kappa shape index (κ1) is 12.8. The molecule has 0 spiro atoms. The molecule has 0 aliphatic rings. The monoisotopic (exact) mass is 364 g/mol. The van der Waals surface area contributed by atoms with E-state index in [4.69, 9.17) is 4.74 Å². The van der Waals surface area contributed by atoms with Gasteiger partial charge in [0.05, 0.1) is 10.2 Å². The molecule has 0 saturated carbocycles. The van der Waals surface area contributed by atoms with Gasteiger partial charge in [-0.2, -0.15) is 9.78 Å². The lowest BCUT2D eigenvalue weighted by Crippen LogP contribution is -2.27. The molecule has 0 aromatic carbocycles. The Morgan fingerprint density at radius 2 is 2.18 bits per heavy atom. The van der Waals surface area contributed by atoms with Crippen molar-refractivity contribution in [2.24, 2.45) is 0 Å². The molecule has 17 heavy (non-hydrogen) atoms. The predicted molar refractivity (Wildman–Crippen MR) is 76.7 cm³/mol. The lowest BCUT2D eigenvalue weighted by molar-refractivity contribution is 0.0522. The molecule has 2 rings (SSSR count). The Balaban J connectivity index is 2.48. The predicted octanol–water partition coefficient (Wildman–Crippen LogP) is 3.79. The largest absolute Gasteiger partial charge is 0.442 e. The minimum atomic E-state index is -0.509. The molecule has 92 valence electrons. The van der Waals surface area contributed by atoms with Gasteiger partial charge in [-0.25, -0.2) is 4.79 Å². The minimum absolute atomic E-state index is 0.424. The summed E-state index contributed by atoms with van der Waals surface area (Å²) in [6.45, 7) is 7.50. The summed E-state index contributed by atoms with van der Waals surface area (Å²) in [4.78, 5) is 12.0. The molecule has 0 aliphatic heterocycles. The van der Waals surface area contributed by atoms with Crippen molar-refractivity contribution in [1.29, 1.82) is 0 Å². The molecule has 2 aromatic rings. The van der Waals surface area contributed by atoms with Crippen LogP contribution in [0.2, 0.25) is 0 Å². The van der Waals surface area contributed by atoms with E-state index in [9.17, 15) is 4.79 Å². The van der Waals surface area contributed by atoms with Gasteiger partial charge in [0.2, 0.25) is 0 Å². The van der Waals surface area contributed by atoms with E-state index in [1.807, 2.05) is 33.1 Å². The number of hydrogen-bond acceptors (Lipinski definition) is 4. The maximum absolute atomic E-state index is 12.0. The van der Waals surface area contributed by atoms with Crippen LogP contribution in [0.4, 0.5) is 4.79 Å². The first-order chi connectivity index (χ1) is 7.79. The molecule has 4 nitrogen and oxygen atoms in total. The van der Waals surface area contributed by atoms with E-state index in [1.54, 1.807) is 11.3 Å². The third kappa shape index (κ3) is 2.47. The second kappa shape index (κ2) is 4.24. The van der Waals surface area contributed by atoms with Crippen LogP contribution in [-0.2, 0) is 4.74 Å². The summed E-state index contributed by atoms with van der Waals surface area (Å²) in [7, 11) is 0. The smallest absolute Gasteiger partial charge is 0.435 e. The fraction of sp³-hybridized carbons (Fsp3) is 0.455. The number of aromatic nitrogens is 2. The molecule has 0 unspecified atom stereocenters.